The average molecular weight is 1140 g/mol. The first-order valence-corrected chi connectivity index (χ1v) is 33.0. The number of rotatable bonds is 50. The molecule has 0 aromatic heterocycles. The van der Waals surface area contributed by atoms with Crippen LogP contribution in [-0.4, -0.2) is 82.5 Å². The number of carboxylic acids is 1. The zero-order valence-corrected chi connectivity index (χ0v) is 50.4. The first-order valence-electron chi connectivity index (χ1n) is 31.5. The molecule has 16 heteroatoms. The van der Waals surface area contributed by atoms with Gasteiger partial charge in [-0.05, 0) is 43.5 Å². The van der Waals surface area contributed by atoms with E-state index in [2.05, 4.69) is 26.1 Å². The summed E-state index contributed by atoms with van der Waals surface area (Å²) in [5, 5.41) is 35.1. The van der Waals surface area contributed by atoms with Crippen molar-refractivity contribution in [2.45, 2.75) is 295 Å². The number of aliphatic carboxylic acids is 1. The number of hydrogen-bond donors (Lipinski definition) is 4. The second-order valence-corrected chi connectivity index (χ2v) is 23.8. The summed E-state index contributed by atoms with van der Waals surface area (Å²) in [6, 6.07) is 14.7. The minimum Gasteiger partial charge on any atom is -0.481 e. The Kier molecular flexibility index (Phi) is 39.1. The van der Waals surface area contributed by atoms with Gasteiger partial charge in [0.1, 0.15) is 36.4 Å². The number of ether oxygens (including phenoxy) is 3. The number of nitrogens with one attached hydrogen (secondary N) is 1. The molecule has 1 heterocycles. The second-order valence-electron chi connectivity index (χ2n) is 22.3. The molecule has 0 aliphatic carbocycles. The predicted molar refractivity (Wildman–Crippen MR) is 315 cm³/mol. The fraction of sp³-hybridized carbons (Fsp3) is 0.750. The number of carbonyl (C=O) groups is 4. The minimum atomic E-state index is -4.88. The summed E-state index contributed by atoms with van der Waals surface area (Å²) in [6.07, 6.45) is 27.3. The number of carbonyl (C=O) groups excluding carboxylic acids is 3. The molecule has 80 heavy (non-hydrogen) atoms. The van der Waals surface area contributed by atoms with Crippen molar-refractivity contribution in [1.29, 1.82) is 0 Å². The number of phosphoric ester groups is 1. The Morgan fingerprint density at radius 1 is 0.562 bits per heavy atom. The average Bonchev–Trinajstić information content (AvgIpc) is 3.43. The van der Waals surface area contributed by atoms with Crippen molar-refractivity contribution < 1.29 is 66.8 Å². The Morgan fingerprint density at radius 3 is 1.38 bits per heavy atom. The van der Waals surface area contributed by atoms with Gasteiger partial charge in [-0.2, -0.15) is 0 Å². The van der Waals surface area contributed by atoms with Crippen molar-refractivity contribution >= 4 is 31.6 Å². The van der Waals surface area contributed by atoms with Crippen LogP contribution in [0.15, 0.2) is 60.7 Å². The van der Waals surface area contributed by atoms with Crippen LogP contribution in [0.5, 0.6) is 11.5 Å². The molecule has 1 fully saturated rings. The van der Waals surface area contributed by atoms with E-state index in [1.165, 1.54) is 122 Å². The molecular formula is C64H106NO14P. The van der Waals surface area contributed by atoms with E-state index < -0.39 is 93.8 Å². The Bertz CT molecular complexity index is 1900. The Morgan fingerprint density at radius 2 is 0.963 bits per heavy atom. The molecule has 1 aliphatic heterocycles. The van der Waals surface area contributed by atoms with Crippen LogP contribution in [0.4, 0.5) is 0 Å². The summed E-state index contributed by atoms with van der Waals surface area (Å²) < 4.78 is 51.9. The smallest absolute Gasteiger partial charge is 0.481 e. The molecule has 2 aromatic carbocycles. The number of carboxylic acid groups (broad SMARTS) is 1. The van der Waals surface area contributed by atoms with Crippen LogP contribution in [0.3, 0.4) is 0 Å². The van der Waals surface area contributed by atoms with Crippen LogP contribution in [0, 0.1) is 5.92 Å². The van der Waals surface area contributed by atoms with Gasteiger partial charge in [-0.15, -0.1) is 0 Å². The van der Waals surface area contributed by atoms with Crippen LogP contribution in [0.25, 0.3) is 0 Å². The summed E-state index contributed by atoms with van der Waals surface area (Å²) in [4.78, 5) is 53.3. The number of benzene rings is 2. The molecule has 7 atom stereocenters. The zero-order chi connectivity index (χ0) is 57.9. The van der Waals surface area contributed by atoms with Gasteiger partial charge in [0.05, 0.1) is 31.3 Å². The number of unbranched alkanes of at least 4 members (excludes halogenated alkanes) is 28. The largest absolute Gasteiger partial charge is 0.588 e. The summed E-state index contributed by atoms with van der Waals surface area (Å²) >= 11 is 0. The lowest BCUT2D eigenvalue weighted by molar-refractivity contribution is -0.258. The van der Waals surface area contributed by atoms with Crippen molar-refractivity contribution in [2.75, 3.05) is 6.61 Å². The standard InChI is InChI=1S/C64H106NO14P/c1-4-7-10-13-16-19-21-22-25-27-30-35-42-52(41-34-29-26-24-20-17-14-11-8-5-2)63(71)76-62-60(65-57(67)50-53(66)43-36-31-28-23-18-15-12-9-6-3)64(72)75-56(51-74-59(70)49-48-58(68)69)61(62)79-80(73,77-54-44-37-32-38-45-54)78-55-46-39-33-40-47-55/h32-33,37-40,44-47,52-53,56,60-62,64,66,72H,4-31,34-36,41-43,48-51H2,1-3H3,(H,65,67)(H,68,69)/t52?,53-,56-,60-,61-,62-,64?/m1/s1. The number of phosphoric acid groups is 1. The molecule has 4 N–H and O–H groups in total. The molecule has 3 rings (SSSR count). The van der Waals surface area contributed by atoms with Crippen molar-refractivity contribution in [3.8, 4) is 11.5 Å². The van der Waals surface area contributed by atoms with E-state index in [-0.39, 0.29) is 17.9 Å². The highest BCUT2D eigenvalue weighted by Crippen LogP contribution is 2.52. The Balaban J connectivity index is 1.96. The minimum absolute atomic E-state index is 0.0958. The van der Waals surface area contributed by atoms with E-state index in [0.29, 0.717) is 19.3 Å². The van der Waals surface area contributed by atoms with Crippen molar-refractivity contribution in [3.05, 3.63) is 60.7 Å². The number of aliphatic hydroxyl groups is 2. The maximum atomic E-state index is 15.3. The van der Waals surface area contributed by atoms with Gasteiger partial charge in [-0.25, -0.2) is 4.57 Å². The Labute approximate surface area is 481 Å². The molecule has 1 aliphatic rings. The topological polar surface area (TPSA) is 213 Å². The van der Waals surface area contributed by atoms with E-state index in [1.807, 2.05) is 0 Å². The number of amides is 1. The lowest BCUT2D eigenvalue weighted by Crippen LogP contribution is -2.66. The van der Waals surface area contributed by atoms with Gasteiger partial charge in [-0.1, -0.05) is 256 Å². The normalized spacial score (nSPS) is 18.0. The molecular weight excluding hydrogens is 1040 g/mol. The molecule has 0 bridgehead atoms. The third kappa shape index (κ3) is 32.6. The van der Waals surface area contributed by atoms with Crippen molar-refractivity contribution in [2.24, 2.45) is 5.92 Å². The Hall–Kier alpha value is -4.01. The van der Waals surface area contributed by atoms with E-state index in [1.54, 1.807) is 60.7 Å². The fourth-order valence-electron chi connectivity index (χ4n) is 10.3. The summed E-state index contributed by atoms with van der Waals surface area (Å²) in [7, 11) is -4.88. The number of para-hydroxylation sites is 2. The molecule has 0 saturated carbocycles. The number of aliphatic hydroxyl groups excluding tert-OH is 2. The van der Waals surface area contributed by atoms with Crippen LogP contribution in [0.2, 0.25) is 0 Å². The van der Waals surface area contributed by atoms with Gasteiger partial charge in [0.2, 0.25) is 5.91 Å². The fourth-order valence-corrected chi connectivity index (χ4v) is 11.8. The predicted octanol–water partition coefficient (Wildman–Crippen LogP) is 15.8. The summed E-state index contributed by atoms with van der Waals surface area (Å²) in [6.45, 7) is 5.97. The van der Waals surface area contributed by atoms with Gasteiger partial charge in [-0.3, -0.25) is 23.7 Å². The van der Waals surface area contributed by atoms with E-state index in [4.69, 9.17) is 27.8 Å². The monoisotopic (exact) mass is 1140 g/mol. The highest BCUT2D eigenvalue weighted by atomic mass is 31.2. The zero-order valence-electron chi connectivity index (χ0n) is 49.5. The van der Waals surface area contributed by atoms with Crippen LogP contribution in [0.1, 0.15) is 258 Å². The van der Waals surface area contributed by atoms with E-state index in [9.17, 15) is 34.5 Å². The van der Waals surface area contributed by atoms with Crippen molar-refractivity contribution in [1.82, 2.24) is 5.32 Å². The van der Waals surface area contributed by atoms with Crippen molar-refractivity contribution in [3.63, 3.8) is 0 Å². The second kappa shape index (κ2) is 44.6. The molecule has 1 amide bonds. The first-order chi connectivity index (χ1) is 38.9. The molecule has 2 aromatic rings. The highest BCUT2D eigenvalue weighted by molar-refractivity contribution is 7.49. The summed E-state index contributed by atoms with van der Waals surface area (Å²) in [5.41, 5.74) is 0. The maximum Gasteiger partial charge on any atom is 0.588 e. The molecule has 0 spiro atoms. The van der Waals surface area contributed by atoms with Crippen LogP contribution in [-0.2, 0) is 42.5 Å². The van der Waals surface area contributed by atoms with Crippen LogP contribution >= 0.6 is 7.82 Å². The molecule has 0 radical (unpaired) electrons. The van der Waals surface area contributed by atoms with Crippen LogP contribution < -0.4 is 14.4 Å². The molecule has 456 valence electrons. The lowest BCUT2D eigenvalue weighted by Gasteiger charge is -2.44. The number of esters is 2. The third-order valence-electron chi connectivity index (χ3n) is 15.1. The number of hydrogen-bond acceptors (Lipinski definition) is 13. The van der Waals surface area contributed by atoms with Gasteiger partial charge in [0.15, 0.2) is 12.4 Å². The maximum absolute atomic E-state index is 15.3. The molecule has 2 unspecified atom stereocenters. The molecule has 1 saturated heterocycles. The quantitative estimate of drug-likeness (QED) is 0.0276. The SMILES string of the molecule is CCCCCCCCCCCCCCC(CCCCCCCCCCCC)C(=O)O[C@H]1[C@H](OP(=O)(Oc2ccccc2)Oc2ccccc2)[C@@H](COC(=O)CCC(=O)O)OC(O)[C@@H]1NC(=O)C[C@H](O)CCCCCCCCCCC. The third-order valence-corrected chi connectivity index (χ3v) is 16.4. The van der Waals surface area contributed by atoms with E-state index >= 15 is 4.57 Å². The lowest BCUT2D eigenvalue weighted by atomic mass is 9.92. The highest BCUT2D eigenvalue weighted by Gasteiger charge is 2.54. The molecule has 15 nitrogen and oxygen atoms in total. The van der Waals surface area contributed by atoms with Gasteiger partial charge >= 0.3 is 25.7 Å². The summed E-state index contributed by atoms with van der Waals surface area (Å²) in [5.74, 6) is -3.79. The van der Waals surface area contributed by atoms with Gasteiger partial charge < -0.3 is 43.9 Å². The first kappa shape index (κ1) is 70.3. The van der Waals surface area contributed by atoms with E-state index in [0.717, 1.165) is 77.0 Å². The van der Waals surface area contributed by atoms with Gasteiger partial charge in [0, 0.05) is 0 Å². The van der Waals surface area contributed by atoms with Gasteiger partial charge in [0.25, 0.3) is 0 Å².